The van der Waals surface area contributed by atoms with Crippen LogP contribution in [0.15, 0.2) is 91.4 Å². The molecule has 4 aromatic rings. The van der Waals surface area contributed by atoms with Crippen molar-refractivity contribution < 1.29 is 4.79 Å². The van der Waals surface area contributed by atoms with Crippen molar-refractivity contribution in [1.29, 1.82) is 0 Å². The summed E-state index contributed by atoms with van der Waals surface area (Å²) in [5.74, 6) is 2.22. The van der Waals surface area contributed by atoms with E-state index >= 15 is 0 Å². The lowest BCUT2D eigenvalue weighted by Gasteiger charge is -2.17. The predicted molar refractivity (Wildman–Crippen MR) is 131 cm³/mol. The molecule has 0 aliphatic carbocycles. The summed E-state index contributed by atoms with van der Waals surface area (Å²) in [5, 5.41) is 7.82. The van der Waals surface area contributed by atoms with Crippen molar-refractivity contribution in [3.63, 3.8) is 0 Å². The summed E-state index contributed by atoms with van der Waals surface area (Å²) in [6, 6.07) is 24.6. The number of carbonyl (C=O) groups excluding carboxylic acids is 1. The highest BCUT2D eigenvalue weighted by molar-refractivity contribution is 7.99. The second kappa shape index (κ2) is 10.9. The molecule has 0 saturated carbocycles. The van der Waals surface area contributed by atoms with Crippen LogP contribution in [0.4, 0.5) is 0 Å². The molecule has 32 heavy (non-hydrogen) atoms. The first-order valence-corrected chi connectivity index (χ1v) is 12.1. The molecule has 0 aliphatic heterocycles. The number of nitrogens with one attached hydrogen (secondary N) is 1. The summed E-state index contributed by atoms with van der Waals surface area (Å²) in [5.41, 5.74) is 3.35. The van der Waals surface area contributed by atoms with E-state index in [0.29, 0.717) is 11.5 Å². The van der Waals surface area contributed by atoms with Crippen LogP contribution in [0.25, 0.3) is 11.5 Å². The Labute approximate surface area is 193 Å². The summed E-state index contributed by atoms with van der Waals surface area (Å²) in [4.78, 5) is 12.6. The van der Waals surface area contributed by atoms with E-state index in [-0.39, 0.29) is 11.9 Å². The average molecular weight is 445 g/mol. The number of hydrogen-bond donors (Lipinski definition) is 1. The van der Waals surface area contributed by atoms with E-state index in [4.69, 9.17) is 0 Å². The third kappa shape index (κ3) is 5.51. The molecule has 164 valence electrons. The van der Waals surface area contributed by atoms with Crippen molar-refractivity contribution in [3.8, 4) is 11.5 Å². The predicted octanol–water partition coefficient (Wildman–Crippen LogP) is 5.03. The average Bonchev–Trinajstić information content (AvgIpc) is 3.50. The first-order valence-electron chi connectivity index (χ1n) is 10.9. The van der Waals surface area contributed by atoms with Gasteiger partial charge in [0.2, 0.25) is 5.91 Å². The highest BCUT2D eigenvalue weighted by Crippen LogP contribution is 2.23. The van der Waals surface area contributed by atoms with E-state index < -0.39 is 0 Å². The fourth-order valence-electron chi connectivity index (χ4n) is 3.71. The Morgan fingerprint density at radius 3 is 2.38 bits per heavy atom. The summed E-state index contributed by atoms with van der Waals surface area (Å²) >= 11 is 1.61. The van der Waals surface area contributed by atoms with Gasteiger partial charge in [0.05, 0.1) is 17.6 Å². The minimum Gasteiger partial charge on any atom is -0.352 e. The molecule has 4 rings (SSSR count). The van der Waals surface area contributed by atoms with E-state index in [0.717, 1.165) is 29.9 Å². The zero-order valence-electron chi connectivity index (χ0n) is 18.2. The van der Waals surface area contributed by atoms with Crippen molar-refractivity contribution >= 4 is 17.7 Å². The van der Waals surface area contributed by atoms with Crippen molar-refractivity contribution in [1.82, 2.24) is 19.7 Å². The summed E-state index contributed by atoms with van der Waals surface area (Å²) < 4.78 is 4.02. The second-order valence-electron chi connectivity index (χ2n) is 7.69. The Morgan fingerprint density at radius 1 is 1.00 bits per heavy atom. The first kappa shape index (κ1) is 22.0. The molecule has 2 heterocycles. The van der Waals surface area contributed by atoms with Gasteiger partial charge in [0, 0.05) is 29.8 Å². The molecule has 0 unspecified atom stereocenters. The standard InChI is InChI=1S/C26H28N4OS/c1-2-23(17-21-11-5-3-6-12-21)28-25(31)20-32-19-22-18-27-30(24-13-7-4-8-14-24)26(22)29-15-9-10-16-29/h3-16,18,23H,2,17,19-20H2,1H3,(H,28,31)/t23-/m1/s1. The number of hydrogen-bond acceptors (Lipinski definition) is 3. The van der Waals surface area contributed by atoms with Gasteiger partial charge in [-0.15, -0.1) is 11.8 Å². The molecule has 2 aromatic carbocycles. The van der Waals surface area contributed by atoms with Gasteiger partial charge >= 0.3 is 0 Å². The van der Waals surface area contributed by atoms with Gasteiger partial charge in [-0.3, -0.25) is 4.79 Å². The van der Waals surface area contributed by atoms with Crippen molar-refractivity contribution in [2.75, 3.05) is 5.75 Å². The molecule has 0 aliphatic rings. The number of thioether (sulfide) groups is 1. The molecular formula is C26H28N4OS. The van der Waals surface area contributed by atoms with Crippen molar-refractivity contribution in [3.05, 3.63) is 103 Å². The Balaban J connectivity index is 1.38. The molecule has 0 fully saturated rings. The number of para-hydroxylation sites is 1. The summed E-state index contributed by atoms with van der Waals surface area (Å²) in [6.07, 6.45) is 7.71. The molecule has 5 nitrogen and oxygen atoms in total. The maximum atomic E-state index is 12.6. The zero-order chi connectivity index (χ0) is 22.2. The Bertz CT molecular complexity index is 1110. The lowest BCUT2D eigenvalue weighted by Crippen LogP contribution is -2.37. The van der Waals surface area contributed by atoms with E-state index in [9.17, 15) is 4.79 Å². The Morgan fingerprint density at radius 2 is 1.69 bits per heavy atom. The highest BCUT2D eigenvalue weighted by Gasteiger charge is 2.15. The summed E-state index contributed by atoms with van der Waals surface area (Å²) in [6.45, 7) is 2.11. The van der Waals surface area contributed by atoms with Crippen LogP contribution < -0.4 is 5.32 Å². The molecule has 1 N–H and O–H groups in total. The van der Waals surface area contributed by atoms with Crippen molar-refractivity contribution in [2.24, 2.45) is 0 Å². The van der Waals surface area contributed by atoms with Crippen LogP contribution in [0.2, 0.25) is 0 Å². The molecule has 2 aromatic heterocycles. The van der Waals surface area contributed by atoms with Crippen LogP contribution in [-0.4, -0.2) is 32.0 Å². The van der Waals surface area contributed by atoms with E-state index in [1.165, 1.54) is 5.56 Å². The van der Waals surface area contributed by atoms with E-state index in [1.807, 2.05) is 83.9 Å². The van der Waals surface area contributed by atoms with Gasteiger partial charge in [-0.2, -0.15) is 5.10 Å². The van der Waals surface area contributed by atoms with Gasteiger partial charge < -0.3 is 9.88 Å². The Kier molecular flexibility index (Phi) is 7.46. The van der Waals surface area contributed by atoms with Gasteiger partial charge in [-0.1, -0.05) is 55.5 Å². The number of benzene rings is 2. The molecular weight excluding hydrogens is 416 g/mol. The zero-order valence-corrected chi connectivity index (χ0v) is 19.0. The fraction of sp³-hybridized carbons (Fsp3) is 0.231. The minimum absolute atomic E-state index is 0.0794. The fourth-order valence-corrected chi connectivity index (χ4v) is 4.50. The van der Waals surface area contributed by atoms with Gasteiger partial charge in [-0.05, 0) is 42.7 Å². The molecule has 6 heteroatoms. The van der Waals surface area contributed by atoms with E-state index in [2.05, 4.69) is 34.0 Å². The summed E-state index contributed by atoms with van der Waals surface area (Å²) in [7, 11) is 0. The normalized spacial score (nSPS) is 11.9. The molecule has 0 bridgehead atoms. The molecule has 0 radical (unpaired) electrons. The monoisotopic (exact) mass is 444 g/mol. The van der Waals surface area contributed by atoms with Gasteiger partial charge in [0.15, 0.2) is 0 Å². The van der Waals surface area contributed by atoms with Crippen molar-refractivity contribution in [2.45, 2.75) is 31.6 Å². The van der Waals surface area contributed by atoms with E-state index in [1.54, 1.807) is 11.8 Å². The third-order valence-electron chi connectivity index (χ3n) is 5.34. The lowest BCUT2D eigenvalue weighted by molar-refractivity contribution is -0.119. The quantitative estimate of drug-likeness (QED) is 0.373. The smallest absolute Gasteiger partial charge is 0.230 e. The van der Waals surface area contributed by atoms with Crippen LogP contribution >= 0.6 is 11.8 Å². The number of nitrogens with zero attached hydrogens (tertiary/aromatic N) is 3. The lowest BCUT2D eigenvalue weighted by atomic mass is 10.0. The molecule has 1 atom stereocenters. The molecule has 0 saturated heterocycles. The number of carbonyl (C=O) groups is 1. The molecule has 0 spiro atoms. The minimum atomic E-state index is 0.0794. The first-order chi connectivity index (χ1) is 15.7. The van der Waals surface area contributed by atoms with Gasteiger partial charge in [0.25, 0.3) is 0 Å². The topological polar surface area (TPSA) is 51.9 Å². The number of amides is 1. The van der Waals surface area contributed by atoms with Gasteiger partial charge in [0.1, 0.15) is 5.82 Å². The number of rotatable bonds is 10. The van der Waals surface area contributed by atoms with Crippen LogP contribution in [0.3, 0.4) is 0 Å². The highest BCUT2D eigenvalue weighted by atomic mass is 32.2. The molecule has 1 amide bonds. The largest absolute Gasteiger partial charge is 0.352 e. The third-order valence-corrected chi connectivity index (χ3v) is 6.32. The van der Waals surface area contributed by atoms with Crippen LogP contribution in [-0.2, 0) is 17.0 Å². The number of aromatic nitrogens is 3. The van der Waals surface area contributed by atoms with Crippen LogP contribution in [0.5, 0.6) is 0 Å². The van der Waals surface area contributed by atoms with Crippen LogP contribution in [0.1, 0.15) is 24.5 Å². The van der Waals surface area contributed by atoms with Crippen LogP contribution in [0, 0.1) is 0 Å². The SMILES string of the molecule is CC[C@H](Cc1ccccc1)NC(=O)CSCc1cnn(-c2ccccc2)c1-n1cccc1. The maximum absolute atomic E-state index is 12.6. The van der Waals surface area contributed by atoms with Gasteiger partial charge in [-0.25, -0.2) is 4.68 Å². The Hall–Kier alpha value is -3.25. The maximum Gasteiger partial charge on any atom is 0.230 e. The second-order valence-corrected chi connectivity index (χ2v) is 8.67.